The van der Waals surface area contributed by atoms with E-state index < -0.39 is 4.92 Å². The van der Waals surface area contributed by atoms with Crippen LogP contribution >= 0.6 is 0 Å². The van der Waals surface area contributed by atoms with E-state index in [1.807, 2.05) is 0 Å². The van der Waals surface area contributed by atoms with Crippen molar-refractivity contribution in [2.45, 2.75) is 26.2 Å². The summed E-state index contributed by atoms with van der Waals surface area (Å²) in [7, 11) is 0. The summed E-state index contributed by atoms with van der Waals surface area (Å²) in [6.07, 6.45) is 3.07. The molecule has 0 saturated heterocycles. The van der Waals surface area contributed by atoms with Crippen molar-refractivity contribution in [2.24, 2.45) is 0 Å². The van der Waals surface area contributed by atoms with Gasteiger partial charge in [-0.2, -0.15) is 0 Å². The zero-order valence-electron chi connectivity index (χ0n) is 10.0. The molecule has 0 amide bonds. The minimum atomic E-state index is -0.440. The standard InChI is InChI=1S/C13H17NO3/c1-3-4-7-11(2)10-17-13-9-6-5-8-12(13)14(15)16/h5-6,8-9H,2-4,7,10H2,1H3. The van der Waals surface area contributed by atoms with Gasteiger partial charge in [0, 0.05) is 6.07 Å². The first-order valence-corrected chi connectivity index (χ1v) is 5.68. The van der Waals surface area contributed by atoms with E-state index in [9.17, 15) is 10.1 Å². The fourth-order valence-electron chi connectivity index (χ4n) is 1.41. The van der Waals surface area contributed by atoms with Crippen LogP contribution in [0.3, 0.4) is 0 Å². The van der Waals surface area contributed by atoms with Gasteiger partial charge in [0.2, 0.25) is 0 Å². The van der Waals surface area contributed by atoms with Crippen molar-refractivity contribution in [2.75, 3.05) is 6.61 Å². The Kier molecular flexibility index (Phi) is 5.20. The largest absolute Gasteiger partial charge is 0.482 e. The molecule has 1 aromatic rings. The SMILES string of the molecule is C=C(CCCC)COc1ccccc1[N+](=O)[O-]. The highest BCUT2D eigenvalue weighted by Crippen LogP contribution is 2.26. The van der Waals surface area contributed by atoms with Crippen molar-refractivity contribution in [3.63, 3.8) is 0 Å². The topological polar surface area (TPSA) is 52.4 Å². The lowest BCUT2D eigenvalue weighted by Gasteiger charge is -2.08. The molecule has 4 heteroatoms. The summed E-state index contributed by atoms with van der Waals surface area (Å²) >= 11 is 0. The second-order valence-electron chi connectivity index (χ2n) is 3.87. The normalized spacial score (nSPS) is 9.94. The Hall–Kier alpha value is -1.84. The van der Waals surface area contributed by atoms with Gasteiger partial charge in [0.15, 0.2) is 5.75 Å². The number of nitro groups is 1. The molecular weight excluding hydrogens is 218 g/mol. The molecule has 0 atom stereocenters. The van der Waals surface area contributed by atoms with Crippen LogP contribution in [0.5, 0.6) is 5.75 Å². The molecule has 0 fully saturated rings. The lowest BCUT2D eigenvalue weighted by molar-refractivity contribution is -0.385. The van der Waals surface area contributed by atoms with Crippen LogP contribution in [-0.4, -0.2) is 11.5 Å². The van der Waals surface area contributed by atoms with Gasteiger partial charge in [-0.15, -0.1) is 0 Å². The second-order valence-corrected chi connectivity index (χ2v) is 3.87. The van der Waals surface area contributed by atoms with Gasteiger partial charge in [-0.05, 0) is 24.5 Å². The molecule has 0 aliphatic rings. The molecule has 92 valence electrons. The third kappa shape index (κ3) is 4.26. The minimum Gasteiger partial charge on any atom is -0.482 e. The maximum atomic E-state index is 10.7. The highest BCUT2D eigenvalue weighted by atomic mass is 16.6. The highest BCUT2D eigenvalue weighted by Gasteiger charge is 2.13. The number of hydrogen-bond acceptors (Lipinski definition) is 3. The molecule has 0 spiro atoms. The van der Waals surface area contributed by atoms with Crippen molar-refractivity contribution >= 4 is 5.69 Å². The molecule has 0 N–H and O–H groups in total. The molecule has 0 aliphatic heterocycles. The maximum absolute atomic E-state index is 10.7. The molecule has 1 rings (SSSR count). The van der Waals surface area contributed by atoms with E-state index >= 15 is 0 Å². The molecule has 0 aromatic heterocycles. The van der Waals surface area contributed by atoms with Gasteiger partial charge < -0.3 is 4.74 Å². The highest BCUT2D eigenvalue weighted by molar-refractivity contribution is 5.45. The Morgan fingerprint density at radius 2 is 2.18 bits per heavy atom. The average molecular weight is 235 g/mol. The molecule has 0 radical (unpaired) electrons. The number of ether oxygens (including phenoxy) is 1. The molecular formula is C13H17NO3. The second kappa shape index (κ2) is 6.68. The van der Waals surface area contributed by atoms with Crippen molar-refractivity contribution in [1.82, 2.24) is 0 Å². The van der Waals surface area contributed by atoms with E-state index in [2.05, 4.69) is 13.5 Å². The number of para-hydroxylation sites is 2. The number of unbranched alkanes of at least 4 members (excludes halogenated alkanes) is 1. The summed E-state index contributed by atoms with van der Waals surface area (Å²) in [5.74, 6) is 0.301. The molecule has 17 heavy (non-hydrogen) atoms. The summed E-state index contributed by atoms with van der Waals surface area (Å²) in [6.45, 7) is 6.33. The fraction of sp³-hybridized carbons (Fsp3) is 0.385. The lowest BCUT2D eigenvalue weighted by atomic mass is 10.1. The summed E-state index contributed by atoms with van der Waals surface area (Å²) < 4.78 is 5.42. The number of nitrogens with zero attached hydrogens (tertiary/aromatic N) is 1. The van der Waals surface area contributed by atoms with Crippen molar-refractivity contribution in [1.29, 1.82) is 0 Å². The summed E-state index contributed by atoms with van der Waals surface area (Å²) in [5, 5.41) is 10.7. The van der Waals surface area contributed by atoms with E-state index in [1.54, 1.807) is 18.2 Å². The van der Waals surface area contributed by atoms with Crippen molar-refractivity contribution in [3.05, 3.63) is 46.5 Å². The van der Waals surface area contributed by atoms with Gasteiger partial charge in [-0.3, -0.25) is 10.1 Å². The van der Waals surface area contributed by atoms with Crippen LogP contribution < -0.4 is 4.74 Å². The predicted molar refractivity (Wildman–Crippen MR) is 67.3 cm³/mol. The van der Waals surface area contributed by atoms with Crippen LogP contribution in [0.4, 0.5) is 5.69 Å². The number of benzene rings is 1. The van der Waals surface area contributed by atoms with Crippen LogP contribution in [-0.2, 0) is 0 Å². The Labute approximate surface area is 101 Å². The summed E-state index contributed by atoms with van der Waals surface area (Å²) in [6, 6.07) is 6.38. The quantitative estimate of drug-likeness (QED) is 0.411. The Balaban J connectivity index is 2.57. The van der Waals surface area contributed by atoms with E-state index in [0.29, 0.717) is 12.4 Å². The van der Waals surface area contributed by atoms with Gasteiger partial charge in [0.05, 0.1) is 4.92 Å². The summed E-state index contributed by atoms with van der Waals surface area (Å²) in [5.41, 5.74) is 0.959. The molecule has 0 saturated carbocycles. The number of rotatable bonds is 7. The minimum absolute atomic E-state index is 0.00390. The molecule has 0 aliphatic carbocycles. The van der Waals surface area contributed by atoms with Gasteiger partial charge >= 0.3 is 5.69 Å². The zero-order valence-corrected chi connectivity index (χ0v) is 10.0. The fourth-order valence-corrected chi connectivity index (χ4v) is 1.41. The van der Waals surface area contributed by atoms with Gasteiger partial charge in [0.1, 0.15) is 6.61 Å². The van der Waals surface area contributed by atoms with E-state index in [0.717, 1.165) is 24.8 Å². The van der Waals surface area contributed by atoms with E-state index in [4.69, 9.17) is 4.74 Å². The first-order chi connectivity index (χ1) is 8.15. The smallest absolute Gasteiger partial charge is 0.310 e. The molecule has 0 heterocycles. The number of nitro benzene ring substituents is 1. The molecule has 0 bridgehead atoms. The third-order valence-corrected chi connectivity index (χ3v) is 2.38. The molecule has 0 unspecified atom stereocenters. The predicted octanol–water partition coefficient (Wildman–Crippen LogP) is 3.72. The van der Waals surface area contributed by atoms with Crippen LogP contribution in [0.15, 0.2) is 36.4 Å². The van der Waals surface area contributed by atoms with Crippen LogP contribution in [0.2, 0.25) is 0 Å². The zero-order chi connectivity index (χ0) is 12.7. The summed E-state index contributed by atoms with van der Waals surface area (Å²) in [4.78, 5) is 10.3. The van der Waals surface area contributed by atoms with Crippen LogP contribution in [0.1, 0.15) is 26.2 Å². The monoisotopic (exact) mass is 235 g/mol. The molecule has 1 aromatic carbocycles. The first kappa shape index (κ1) is 13.2. The Bertz CT molecular complexity index is 401. The third-order valence-electron chi connectivity index (χ3n) is 2.38. The van der Waals surface area contributed by atoms with Crippen molar-refractivity contribution < 1.29 is 9.66 Å². The van der Waals surface area contributed by atoms with Gasteiger partial charge in [-0.25, -0.2) is 0 Å². The van der Waals surface area contributed by atoms with E-state index in [-0.39, 0.29) is 5.69 Å². The molecule has 4 nitrogen and oxygen atoms in total. The first-order valence-electron chi connectivity index (χ1n) is 5.68. The average Bonchev–Trinajstić information content (AvgIpc) is 2.34. The van der Waals surface area contributed by atoms with E-state index in [1.165, 1.54) is 6.07 Å². The van der Waals surface area contributed by atoms with Crippen LogP contribution in [0.25, 0.3) is 0 Å². The lowest BCUT2D eigenvalue weighted by Crippen LogP contribution is -2.02. The van der Waals surface area contributed by atoms with Crippen molar-refractivity contribution in [3.8, 4) is 5.75 Å². The maximum Gasteiger partial charge on any atom is 0.310 e. The Morgan fingerprint density at radius 3 is 2.82 bits per heavy atom. The van der Waals surface area contributed by atoms with Gasteiger partial charge in [0.25, 0.3) is 0 Å². The van der Waals surface area contributed by atoms with Gasteiger partial charge in [-0.1, -0.05) is 32.1 Å². The number of hydrogen-bond donors (Lipinski definition) is 0. The Morgan fingerprint density at radius 1 is 1.47 bits per heavy atom. The van der Waals surface area contributed by atoms with Crippen LogP contribution in [0, 0.1) is 10.1 Å².